The summed E-state index contributed by atoms with van der Waals surface area (Å²) in [5.74, 6) is 2.92. The predicted octanol–water partition coefficient (Wildman–Crippen LogP) is 2.52. The van der Waals surface area contributed by atoms with Gasteiger partial charge in [-0.25, -0.2) is 4.98 Å². The Kier molecular flexibility index (Phi) is 4.14. The molecule has 0 saturated heterocycles. The maximum absolute atomic E-state index is 4.67. The average molecular weight is 344 g/mol. The molecule has 3 aromatic heterocycles. The van der Waals surface area contributed by atoms with Crippen LogP contribution in [0.4, 0.5) is 0 Å². The van der Waals surface area contributed by atoms with Gasteiger partial charge in [0, 0.05) is 43.5 Å². The lowest BCUT2D eigenvalue weighted by Gasteiger charge is -2.24. The highest BCUT2D eigenvalue weighted by Crippen LogP contribution is 2.22. The number of aromatic nitrogens is 5. The smallest absolute Gasteiger partial charge is 0.194 e. The second kappa shape index (κ2) is 6.29. The van der Waals surface area contributed by atoms with E-state index in [1.807, 2.05) is 0 Å². The summed E-state index contributed by atoms with van der Waals surface area (Å²) in [6.07, 6.45) is 5.37. The van der Waals surface area contributed by atoms with E-state index < -0.39 is 0 Å². The van der Waals surface area contributed by atoms with Crippen LogP contribution in [0.2, 0.25) is 0 Å². The van der Waals surface area contributed by atoms with Gasteiger partial charge in [0.05, 0.1) is 11.4 Å². The number of aryl methyl sites for hydroxylation is 4. The highest BCUT2D eigenvalue weighted by molar-refractivity contribution is 7.17. The molecule has 7 heteroatoms. The van der Waals surface area contributed by atoms with E-state index in [0.717, 1.165) is 54.8 Å². The molecule has 0 aromatic carbocycles. The van der Waals surface area contributed by atoms with E-state index in [4.69, 9.17) is 0 Å². The number of thiazole rings is 1. The molecule has 6 nitrogen and oxygen atoms in total. The molecule has 4 rings (SSSR count). The van der Waals surface area contributed by atoms with Crippen molar-refractivity contribution >= 4 is 16.3 Å². The van der Waals surface area contributed by atoms with Gasteiger partial charge < -0.3 is 9.88 Å². The van der Waals surface area contributed by atoms with Crippen LogP contribution in [0.15, 0.2) is 6.20 Å². The second-order valence-corrected chi connectivity index (χ2v) is 7.88. The number of rotatable bonds is 5. The second-order valence-electron chi connectivity index (χ2n) is 6.67. The molecule has 1 aliphatic rings. The van der Waals surface area contributed by atoms with E-state index in [1.165, 1.54) is 17.0 Å². The van der Waals surface area contributed by atoms with Crippen LogP contribution in [0.25, 0.3) is 4.96 Å². The van der Waals surface area contributed by atoms with Crippen molar-refractivity contribution in [1.29, 1.82) is 0 Å². The molecule has 1 atom stereocenters. The SMILES string of the molecule is CCc1nnc2n1C[C@H](CNCc1c(C)nc3sc(C)cn13)CC2. The van der Waals surface area contributed by atoms with Gasteiger partial charge in [-0.2, -0.15) is 0 Å². The zero-order valence-electron chi connectivity index (χ0n) is 14.5. The van der Waals surface area contributed by atoms with E-state index in [2.05, 4.69) is 56.4 Å². The first-order chi connectivity index (χ1) is 11.7. The van der Waals surface area contributed by atoms with Crippen molar-refractivity contribution in [2.24, 2.45) is 5.92 Å². The van der Waals surface area contributed by atoms with E-state index in [0.29, 0.717) is 5.92 Å². The molecule has 0 saturated carbocycles. The minimum atomic E-state index is 0.645. The first-order valence-electron chi connectivity index (χ1n) is 8.71. The fourth-order valence-corrected chi connectivity index (χ4v) is 4.49. The minimum absolute atomic E-state index is 0.645. The molecule has 24 heavy (non-hydrogen) atoms. The van der Waals surface area contributed by atoms with Crippen molar-refractivity contribution in [2.75, 3.05) is 6.54 Å². The summed E-state index contributed by atoms with van der Waals surface area (Å²) in [6, 6.07) is 0. The Bertz CT molecular complexity index is 845. The lowest BCUT2D eigenvalue weighted by atomic mass is 9.99. The Balaban J connectivity index is 1.40. The van der Waals surface area contributed by atoms with Crippen molar-refractivity contribution in [3.8, 4) is 0 Å². The standard InChI is InChI=1S/C17H24N6S/c1-4-15-20-21-16-6-5-13(10-23(15)16)7-18-8-14-12(3)19-17-22(14)9-11(2)24-17/h9,13,18H,4-8,10H2,1-3H3/t13-/m0/s1. The summed E-state index contributed by atoms with van der Waals surface area (Å²) in [6.45, 7) is 9.32. The Morgan fingerprint density at radius 2 is 2.21 bits per heavy atom. The minimum Gasteiger partial charge on any atom is -0.315 e. The van der Waals surface area contributed by atoms with Gasteiger partial charge in [-0.3, -0.25) is 4.40 Å². The highest BCUT2D eigenvalue weighted by atomic mass is 32.1. The zero-order valence-corrected chi connectivity index (χ0v) is 15.4. The molecular formula is C17H24N6S. The first kappa shape index (κ1) is 15.8. The van der Waals surface area contributed by atoms with Gasteiger partial charge in [-0.1, -0.05) is 6.92 Å². The molecule has 0 fully saturated rings. The number of hydrogen-bond acceptors (Lipinski definition) is 5. The van der Waals surface area contributed by atoms with Crippen molar-refractivity contribution in [1.82, 2.24) is 29.5 Å². The monoisotopic (exact) mass is 344 g/mol. The fraction of sp³-hybridized carbons (Fsp3) is 0.588. The third-order valence-electron chi connectivity index (χ3n) is 4.90. The first-order valence-corrected chi connectivity index (χ1v) is 9.53. The molecular weight excluding hydrogens is 320 g/mol. The topological polar surface area (TPSA) is 60.0 Å². The fourth-order valence-electron chi connectivity index (χ4n) is 3.60. The zero-order chi connectivity index (χ0) is 16.7. The van der Waals surface area contributed by atoms with Crippen LogP contribution in [0.3, 0.4) is 0 Å². The summed E-state index contributed by atoms with van der Waals surface area (Å²) in [5, 5.41) is 12.3. The van der Waals surface area contributed by atoms with E-state index in [9.17, 15) is 0 Å². The Hall–Kier alpha value is -1.73. The summed E-state index contributed by atoms with van der Waals surface area (Å²) >= 11 is 1.75. The maximum Gasteiger partial charge on any atom is 0.194 e. The van der Waals surface area contributed by atoms with Gasteiger partial charge in [-0.15, -0.1) is 21.5 Å². The summed E-state index contributed by atoms with van der Waals surface area (Å²) in [7, 11) is 0. The predicted molar refractivity (Wildman–Crippen MR) is 95.5 cm³/mol. The summed E-state index contributed by atoms with van der Waals surface area (Å²) < 4.78 is 4.55. The van der Waals surface area contributed by atoms with Gasteiger partial charge in [0.1, 0.15) is 11.6 Å². The number of nitrogens with zero attached hydrogens (tertiary/aromatic N) is 5. The molecule has 1 N–H and O–H groups in total. The Morgan fingerprint density at radius 1 is 1.33 bits per heavy atom. The van der Waals surface area contributed by atoms with Crippen LogP contribution < -0.4 is 5.32 Å². The van der Waals surface area contributed by atoms with Crippen LogP contribution in [-0.2, 0) is 25.9 Å². The number of fused-ring (bicyclic) bond motifs is 2. The van der Waals surface area contributed by atoms with E-state index in [1.54, 1.807) is 11.3 Å². The van der Waals surface area contributed by atoms with Gasteiger partial charge in [0.2, 0.25) is 0 Å². The van der Waals surface area contributed by atoms with Gasteiger partial charge in [0.25, 0.3) is 0 Å². The number of nitrogens with one attached hydrogen (secondary N) is 1. The van der Waals surface area contributed by atoms with Gasteiger partial charge in [-0.05, 0) is 26.2 Å². The maximum atomic E-state index is 4.67. The number of hydrogen-bond donors (Lipinski definition) is 1. The lowest BCUT2D eigenvalue weighted by Crippen LogP contribution is -2.31. The molecule has 3 aromatic rings. The molecule has 0 bridgehead atoms. The van der Waals surface area contributed by atoms with Crippen molar-refractivity contribution in [3.63, 3.8) is 0 Å². The molecule has 0 aliphatic carbocycles. The highest BCUT2D eigenvalue weighted by Gasteiger charge is 2.22. The number of imidazole rings is 1. The normalized spacial score (nSPS) is 17.5. The molecule has 0 spiro atoms. The van der Waals surface area contributed by atoms with Crippen molar-refractivity contribution in [2.45, 2.75) is 53.1 Å². The van der Waals surface area contributed by atoms with Crippen LogP contribution in [0.1, 0.15) is 41.3 Å². The summed E-state index contributed by atoms with van der Waals surface area (Å²) in [4.78, 5) is 7.07. The third-order valence-corrected chi connectivity index (χ3v) is 5.80. The van der Waals surface area contributed by atoms with Crippen LogP contribution in [-0.4, -0.2) is 30.7 Å². The Labute approximate surface area is 145 Å². The average Bonchev–Trinajstić information content (AvgIpc) is 3.20. The largest absolute Gasteiger partial charge is 0.315 e. The van der Waals surface area contributed by atoms with Crippen molar-refractivity contribution in [3.05, 3.63) is 34.1 Å². The van der Waals surface area contributed by atoms with Gasteiger partial charge in [0.15, 0.2) is 4.96 Å². The Morgan fingerprint density at radius 3 is 3.04 bits per heavy atom. The molecule has 0 amide bonds. The van der Waals surface area contributed by atoms with Crippen molar-refractivity contribution < 1.29 is 0 Å². The third kappa shape index (κ3) is 2.75. The summed E-state index contributed by atoms with van der Waals surface area (Å²) in [5.41, 5.74) is 2.41. The van der Waals surface area contributed by atoms with Crippen LogP contribution >= 0.6 is 11.3 Å². The quantitative estimate of drug-likeness (QED) is 0.773. The lowest BCUT2D eigenvalue weighted by molar-refractivity contribution is 0.342. The van der Waals surface area contributed by atoms with Crippen LogP contribution in [0, 0.1) is 19.8 Å². The molecule has 4 heterocycles. The van der Waals surface area contributed by atoms with Crippen LogP contribution in [0.5, 0.6) is 0 Å². The molecule has 0 radical (unpaired) electrons. The molecule has 0 unspecified atom stereocenters. The van der Waals surface area contributed by atoms with E-state index in [-0.39, 0.29) is 0 Å². The van der Waals surface area contributed by atoms with Gasteiger partial charge >= 0.3 is 0 Å². The molecule has 128 valence electrons. The molecule has 1 aliphatic heterocycles. The van der Waals surface area contributed by atoms with E-state index >= 15 is 0 Å².